The van der Waals surface area contributed by atoms with Crippen LogP contribution in [0.4, 0.5) is 5.13 Å². The molecule has 5 aromatic rings. The SMILES string of the molecule is Cc1[nH]n(-c2ccccc2)c(=O)c1C=Nc1nc(-c2ccc(-c3ccccc3)cc2)cs1. The van der Waals surface area contributed by atoms with Crippen molar-refractivity contribution in [3.05, 3.63) is 112 Å². The number of hydrogen-bond donors (Lipinski definition) is 1. The van der Waals surface area contributed by atoms with Crippen molar-refractivity contribution in [2.45, 2.75) is 6.92 Å². The van der Waals surface area contributed by atoms with Gasteiger partial charge in [-0.1, -0.05) is 72.8 Å². The van der Waals surface area contributed by atoms with Crippen molar-refractivity contribution in [3.63, 3.8) is 0 Å². The van der Waals surface area contributed by atoms with Crippen LogP contribution in [0.1, 0.15) is 11.3 Å². The molecule has 0 bridgehead atoms. The van der Waals surface area contributed by atoms with Crippen molar-refractivity contribution in [1.82, 2.24) is 14.8 Å². The quantitative estimate of drug-likeness (QED) is 0.343. The molecule has 0 atom stereocenters. The first kappa shape index (κ1) is 19.9. The summed E-state index contributed by atoms with van der Waals surface area (Å²) in [4.78, 5) is 21.9. The molecule has 0 aliphatic carbocycles. The van der Waals surface area contributed by atoms with Crippen LogP contribution in [0.2, 0.25) is 0 Å². The summed E-state index contributed by atoms with van der Waals surface area (Å²) >= 11 is 1.45. The Morgan fingerprint density at radius 3 is 2.22 bits per heavy atom. The molecule has 2 heterocycles. The third kappa shape index (κ3) is 3.96. The Kier molecular flexibility index (Phi) is 5.35. The highest BCUT2D eigenvalue weighted by Gasteiger charge is 2.11. The van der Waals surface area contributed by atoms with E-state index < -0.39 is 0 Å². The second-order valence-corrected chi connectivity index (χ2v) is 8.18. The van der Waals surface area contributed by atoms with Crippen molar-refractivity contribution in [2.24, 2.45) is 4.99 Å². The van der Waals surface area contributed by atoms with Crippen LogP contribution in [-0.4, -0.2) is 21.0 Å². The number of thiazole rings is 1. The van der Waals surface area contributed by atoms with Crippen molar-refractivity contribution < 1.29 is 0 Å². The van der Waals surface area contributed by atoms with Crippen LogP contribution >= 0.6 is 11.3 Å². The predicted octanol–water partition coefficient (Wildman–Crippen LogP) is 6.02. The minimum absolute atomic E-state index is 0.134. The van der Waals surface area contributed by atoms with Gasteiger partial charge in [0.25, 0.3) is 5.56 Å². The molecule has 0 aliphatic heterocycles. The van der Waals surface area contributed by atoms with Crippen molar-refractivity contribution in [2.75, 3.05) is 0 Å². The van der Waals surface area contributed by atoms with Crippen LogP contribution in [0.15, 0.2) is 100 Å². The van der Waals surface area contributed by atoms with E-state index in [4.69, 9.17) is 0 Å². The van der Waals surface area contributed by atoms with Gasteiger partial charge in [0.1, 0.15) is 0 Å². The number of nitrogens with zero attached hydrogens (tertiary/aromatic N) is 3. The van der Waals surface area contributed by atoms with E-state index >= 15 is 0 Å². The topological polar surface area (TPSA) is 63.0 Å². The van der Waals surface area contributed by atoms with Crippen LogP contribution in [0.3, 0.4) is 0 Å². The lowest BCUT2D eigenvalue weighted by atomic mass is 10.0. The molecule has 5 nitrogen and oxygen atoms in total. The minimum atomic E-state index is -0.134. The van der Waals surface area contributed by atoms with Gasteiger partial charge in [0.15, 0.2) is 0 Å². The zero-order valence-corrected chi connectivity index (χ0v) is 18.2. The van der Waals surface area contributed by atoms with Gasteiger partial charge in [-0.25, -0.2) is 14.7 Å². The number of aliphatic imine (C=N–C) groups is 1. The average molecular weight is 437 g/mol. The summed E-state index contributed by atoms with van der Waals surface area (Å²) in [5, 5.41) is 5.70. The zero-order chi connectivity index (χ0) is 21.9. The highest BCUT2D eigenvalue weighted by atomic mass is 32.1. The molecule has 0 saturated carbocycles. The molecule has 0 aliphatic rings. The molecule has 0 fully saturated rings. The standard InChI is InChI=1S/C26H20N4OS/c1-18-23(25(31)30(29-18)22-10-6-3-7-11-22)16-27-26-28-24(17-32-26)21-14-12-20(13-15-21)19-8-4-2-5-9-19/h2-17,29H,1H3. The summed E-state index contributed by atoms with van der Waals surface area (Å²) in [6.45, 7) is 1.86. The highest BCUT2D eigenvalue weighted by molar-refractivity contribution is 7.13. The lowest BCUT2D eigenvalue weighted by molar-refractivity contribution is 0.835. The second-order valence-electron chi connectivity index (χ2n) is 7.34. The largest absolute Gasteiger partial charge is 0.295 e. The first-order valence-corrected chi connectivity index (χ1v) is 11.1. The predicted molar refractivity (Wildman–Crippen MR) is 131 cm³/mol. The molecule has 156 valence electrons. The normalized spacial score (nSPS) is 11.3. The summed E-state index contributed by atoms with van der Waals surface area (Å²) in [5.41, 5.74) is 6.20. The lowest BCUT2D eigenvalue weighted by Crippen LogP contribution is -2.17. The Morgan fingerprint density at radius 2 is 1.50 bits per heavy atom. The van der Waals surface area contributed by atoms with Crippen LogP contribution in [0, 0.1) is 6.92 Å². The lowest BCUT2D eigenvalue weighted by Gasteiger charge is -2.02. The number of aryl methyl sites for hydroxylation is 1. The summed E-state index contributed by atoms with van der Waals surface area (Å²) in [6.07, 6.45) is 1.59. The Balaban J connectivity index is 1.37. The Labute approximate surface area is 189 Å². The molecule has 0 unspecified atom stereocenters. The fourth-order valence-corrected chi connectivity index (χ4v) is 4.18. The molecule has 0 amide bonds. The van der Waals surface area contributed by atoms with E-state index in [1.165, 1.54) is 27.1 Å². The first-order chi connectivity index (χ1) is 15.7. The third-order valence-corrected chi connectivity index (χ3v) is 5.96. The summed E-state index contributed by atoms with van der Waals surface area (Å²) in [5.74, 6) is 0. The van der Waals surface area contributed by atoms with Gasteiger partial charge in [-0.3, -0.25) is 9.89 Å². The van der Waals surface area contributed by atoms with Gasteiger partial charge in [0.2, 0.25) is 5.13 Å². The number of hydrogen-bond acceptors (Lipinski definition) is 4. The van der Waals surface area contributed by atoms with Crippen molar-refractivity contribution in [3.8, 4) is 28.1 Å². The van der Waals surface area contributed by atoms with E-state index in [0.29, 0.717) is 10.7 Å². The van der Waals surface area contributed by atoms with Gasteiger partial charge >= 0.3 is 0 Å². The fraction of sp³-hybridized carbons (Fsp3) is 0.0385. The second kappa shape index (κ2) is 8.61. The monoisotopic (exact) mass is 436 g/mol. The molecule has 0 spiro atoms. The van der Waals surface area contributed by atoms with Gasteiger partial charge in [-0.05, 0) is 30.2 Å². The summed E-state index contributed by atoms with van der Waals surface area (Å²) in [6, 6.07) is 28.1. The van der Waals surface area contributed by atoms with Crippen molar-refractivity contribution >= 4 is 22.7 Å². The maximum atomic E-state index is 12.8. The molecule has 0 radical (unpaired) electrons. The summed E-state index contributed by atoms with van der Waals surface area (Å²) < 4.78 is 1.53. The fourth-order valence-electron chi connectivity index (χ4n) is 3.51. The molecule has 5 rings (SSSR count). The molecular formula is C26H20N4OS. The van der Waals surface area contributed by atoms with E-state index in [9.17, 15) is 4.79 Å². The molecule has 2 aromatic heterocycles. The van der Waals surface area contributed by atoms with E-state index in [1.807, 2.05) is 60.8 Å². The Hall–Kier alpha value is -4.03. The van der Waals surface area contributed by atoms with Crippen LogP contribution in [0.5, 0.6) is 0 Å². The van der Waals surface area contributed by atoms with E-state index in [0.717, 1.165) is 22.6 Å². The van der Waals surface area contributed by atoms with Crippen LogP contribution < -0.4 is 5.56 Å². The Bertz CT molecular complexity index is 1430. The Morgan fingerprint density at radius 1 is 0.875 bits per heavy atom. The smallest absolute Gasteiger partial charge is 0.280 e. The van der Waals surface area contributed by atoms with Crippen LogP contribution in [-0.2, 0) is 0 Å². The number of aromatic amines is 1. The third-order valence-electron chi connectivity index (χ3n) is 5.22. The maximum Gasteiger partial charge on any atom is 0.280 e. The highest BCUT2D eigenvalue weighted by Crippen LogP contribution is 2.28. The van der Waals surface area contributed by atoms with Crippen LogP contribution in [0.25, 0.3) is 28.1 Å². The molecule has 3 aromatic carbocycles. The van der Waals surface area contributed by atoms with Gasteiger partial charge in [-0.2, -0.15) is 0 Å². The maximum absolute atomic E-state index is 12.8. The molecule has 32 heavy (non-hydrogen) atoms. The molecule has 6 heteroatoms. The average Bonchev–Trinajstić information content (AvgIpc) is 3.43. The number of aromatic nitrogens is 3. The minimum Gasteiger partial charge on any atom is -0.295 e. The van der Waals surface area contributed by atoms with Gasteiger partial charge in [-0.15, -0.1) is 11.3 Å². The summed E-state index contributed by atoms with van der Waals surface area (Å²) in [7, 11) is 0. The van der Waals surface area contributed by atoms with E-state index in [2.05, 4.69) is 51.5 Å². The number of H-pyrrole nitrogens is 1. The molecule has 1 N–H and O–H groups in total. The number of benzene rings is 3. The zero-order valence-electron chi connectivity index (χ0n) is 17.4. The van der Waals surface area contributed by atoms with Crippen molar-refractivity contribution in [1.29, 1.82) is 0 Å². The van der Waals surface area contributed by atoms with Gasteiger partial charge in [0, 0.05) is 22.9 Å². The van der Waals surface area contributed by atoms with E-state index in [-0.39, 0.29) is 5.56 Å². The molecular weight excluding hydrogens is 416 g/mol. The van der Waals surface area contributed by atoms with Gasteiger partial charge in [0.05, 0.1) is 16.9 Å². The number of rotatable bonds is 5. The number of para-hydroxylation sites is 1. The number of nitrogens with one attached hydrogen (secondary N) is 1. The van der Waals surface area contributed by atoms with E-state index in [1.54, 1.807) is 6.21 Å². The first-order valence-electron chi connectivity index (χ1n) is 10.2. The van der Waals surface area contributed by atoms with Gasteiger partial charge < -0.3 is 0 Å². The molecule has 0 saturated heterocycles.